The molecular formula is C24H24ClF3N6S. The quantitative estimate of drug-likeness (QED) is 0.489. The molecule has 1 saturated carbocycles. The molecule has 11 heteroatoms. The van der Waals surface area contributed by atoms with Gasteiger partial charge < -0.3 is 10.6 Å². The number of nitrogens with two attached hydrogens (primary N) is 1. The second kappa shape index (κ2) is 9.75. The average Bonchev–Trinajstić information content (AvgIpc) is 3.62. The van der Waals surface area contributed by atoms with E-state index < -0.39 is 6.55 Å². The summed E-state index contributed by atoms with van der Waals surface area (Å²) in [7, 11) is 0. The van der Waals surface area contributed by atoms with Crippen LogP contribution < -0.4 is 5.73 Å². The molecule has 6 nitrogen and oxygen atoms in total. The Bertz CT molecular complexity index is 1240. The number of allylic oxidation sites excluding steroid dienone is 1. The second-order valence-corrected chi connectivity index (χ2v) is 10.3. The molecule has 0 bridgehead atoms. The predicted molar refractivity (Wildman–Crippen MR) is 131 cm³/mol. The van der Waals surface area contributed by atoms with Crippen molar-refractivity contribution in [2.75, 3.05) is 13.1 Å². The molecule has 2 aromatic heterocycles. The highest BCUT2D eigenvalue weighted by atomic mass is 35.5. The van der Waals surface area contributed by atoms with Gasteiger partial charge in [0.25, 0.3) is 0 Å². The van der Waals surface area contributed by atoms with Gasteiger partial charge in [-0.3, -0.25) is 4.99 Å². The first-order valence-electron chi connectivity index (χ1n) is 11.3. The van der Waals surface area contributed by atoms with Crippen molar-refractivity contribution in [1.82, 2.24) is 19.7 Å². The van der Waals surface area contributed by atoms with E-state index in [1.165, 1.54) is 24.5 Å². The number of hydrogen-bond acceptors (Lipinski definition) is 6. The Hall–Kier alpha value is -2.69. The van der Waals surface area contributed by atoms with Crippen LogP contribution >= 0.6 is 22.9 Å². The van der Waals surface area contributed by atoms with Crippen LogP contribution in [0.2, 0.25) is 5.02 Å². The Balaban J connectivity index is 0.000000271. The van der Waals surface area contributed by atoms with Crippen molar-refractivity contribution in [3.8, 4) is 0 Å². The molecule has 2 aliphatic heterocycles. The number of aliphatic imine (C=N–C) groups is 1. The Labute approximate surface area is 209 Å². The van der Waals surface area contributed by atoms with Gasteiger partial charge in [-0.15, -0.1) is 11.3 Å². The molecule has 1 spiro atoms. The number of hydrogen-bond donors (Lipinski definition) is 1. The third-order valence-corrected chi connectivity index (χ3v) is 7.85. The van der Waals surface area contributed by atoms with Gasteiger partial charge in [0, 0.05) is 57.6 Å². The van der Waals surface area contributed by atoms with Gasteiger partial charge in [-0.2, -0.15) is 13.9 Å². The van der Waals surface area contributed by atoms with E-state index in [1.807, 2.05) is 5.38 Å². The molecule has 2 atom stereocenters. The fourth-order valence-corrected chi connectivity index (χ4v) is 5.94. The van der Waals surface area contributed by atoms with Crippen LogP contribution in [-0.4, -0.2) is 44.6 Å². The van der Waals surface area contributed by atoms with Crippen LogP contribution in [-0.2, 0) is 0 Å². The maximum Gasteiger partial charge on any atom is 0.333 e. The molecule has 3 aromatic rings. The minimum absolute atomic E-state index is 0.0294. The number of nitrogens with zero attached hydrogens (tertiary/aromatic N) is 5. The first-order valence-corrected chi connectivity index (χ1v) is 12.6. The molecule has 3 aliphatic rings. The predicted octanol–water partition coefficient (Wildman–Crippen LogP) is 5.59. The Morgan fingerprint density at radius 2 is 2.14 bits per heavy atom. The molecule has 2 N–H and O–H groups in total. The second-order valence-electron chi connectivity index (χ2n) is 8.95. The van der Waals surface area contributed by atoms with E-state index in [1.54, 1.807) is 29.7 Å². The van der Waals surface area contributed by atoms with Crippen LogP contribution in [0.25, 0.3) is 5.57 Å². The number of aromatic nitrogens is 3. The molecule has 6 rings (SSSR count). The third-order valence-electron chi connectivity index (χ3n) is 6.85. The molecule has 1 saturated heterocycles. The summed E-state index contributed by atoms with van der Waals surface area (Å²) in [5, 5.41) is 7.07. The molecule has 0 radical (unpaired) electrons. The molecular weight excluding hydrogens is 497 g/mol. The Morgan fingerprint density at radius 1 is 1.29 bits per heavy atom. The summed E-state index contributed by atoms with van der Waals surface area (Å²) in [5.74, 6) is 0.582. The minimum Gasteiger partial charge on any atom is -0.327 e. The van der Waals surface area contributed by atoms with Gasteiger partial charge in [0.1, 0.15) is 5.82 Å². The number of amidine groups is 1. The standard InChI is InChI=1S/C18H20F2N6S.C6H4ClF/c19-17(20)26-9-11(7-24-26)12-8-23-15(16-22-4-5-27-16)25-10-18(6-13(12)25)3-1-2-14(18)21;7-5-2-1-3-6(8)4-5/h4-5,7,9,14,17H,1-3,6,8,10,21H2;1-4H. The van der Waals surface area contributed by atoms with E-state index >= 15 is 0 Å². The van der Waals surface area contributed by atoms with Gasteiger partial charge in [0.05, 0.1) is 12.7 Å². The molecule has 1 aliphatic carbocycles. The summed E-state index contributed by atoms with van der Waals surface area (Å²) in [5.41, 5.74) is 9.35. The summed E-state index contributed by atoms with van der Waals surface area (Å²) < 4.78 is 38.7. The molecule has 1 aromatic carbocycles. The average molecular weight is 521 g/mol. The van der Waals surface area contributed by atoms with E-state index in [0.717, 1.165) is 54.3 Å². The van der Waals surface area contributed by atoms with Crippen molar-refractivity contribution in [1.29, 1.82) is 0 Å². The Kier molecular flexibility index (Phi) is 6.69. The zero-order valence-electron chi connectivity index (χ0n) is 18.7. The van der Waals surface area contributed by atoms with Crippen molar-refractivity contribution < 1.29 is 13.2 Å². The van der Waals surface area contributed by atoms with E-state index in [2.05, 4.69) is 15.0 Å². The van der Waals surface area contributed by atoms with Crippen LogP contribution in [0.3, 0.4) is 0 Å². The maximum absolute atomic E-state index is 13.0. The van der Waals surface area contributed by atoms with Crippen LogP contribution in [0.1, 0.15) is 42.8 Å². The van der Waals surface area contributed by atoms with Crippen molar-refractivity contribution in [3.05, 3.63) is 75.3 Å². The minimum atomic E-state index is -2.64. The van der Waals surface area contributed by atoms with E-state index in [0.29, 0.717) is 21.8 Å². The molecule has 2 fully saturated rings. The highest BCUT2D eigenvalue weighted by Crippen LogP contribution is 2.51. The van der Waals surface area contributed by atoms with E-state index in [9.17, 15) is 13.2 Å². The van der Waals surface area contributed by atoms with Gasteiger partial charge in [0.2, 0.25) is 0 Å². The van der Waals surface area contributed by atoms with Crippen molar-refractivity contribution >= 4 is 34.3 Å². The lowest BCUT2D eigenvalue weighted by Crippen LogP contribution is -2.41. The number of benzene rings is 1. The topological polar surface area (TPSA) is 72.3 Å². The number of fused-ring (bicyclic) bond motifs is 1. The van der Waals surface area contributed by atoms with E-state index in [-0.39, 0.29) is 17.3 Å². The summed E-state index contributed by atoms with van der Waals surface area (Å²) >= 11 is 6.97. The smallest absolute Gasteiger partial charge is 0.327 e. The summed E-state index contributed by atoms with van der Waals surface area (Å²) in [6.07, 6.45) is 8.80. The lowest BCUT2D eigenvalue weighted by molar-refractivity contribution is 0.0566. The van der Waals surface area contributed by atoms with Gasteiger partial charge >= 0.3 is 6.55 Å². The highest BCUT2D eigenvalue weighted by Gasteiger charge is 2.50. The third kappa shape index (κ3) is 4.74. The van der Waals surface area contributed by atoms with Crippen LogP contribution in [0, 0.1) is 11.2 Å². The molecule has 2 unspecified atom stereocenters. The highest BCUT2D eigenvalue weighted by molar-refractivity contribution is 7.11. The van der Waals surface area contributed by atoms with Gasteiger partial charge in [-0.05, 0) is 37.5 Å². The largest absolute Gasteiger partial charge is 0.333 e. The van der Waals surface area contributed by atoms with Crippen molar-refractivity contribution in [2.45, 2.75) is 38.3 Å². The molecule has 0 amide bonds. The van der Waals surface area contributed by atoms with Crippen molar-refractivity contribution in [3.63, 3.8) is 0 Å². The van der Waals surface area contributed by atoms with Gasteiger partial charge in [-0.1, -0.05) is 24.1 Å². The SMILES string of the molecule is Fc1cccc(Cl)c1.NC1CCCC12CC1=C(c3cnn(C(F)F)c3)CN=C(c3nccs3)N1C2. The first kappa shape index (κ1) is 24.0. The molecule has 184 valence electrons. The van der Waals surface area contributed by atoms with Gasteiger partial charge in [0.15, 0.2) is 10.8 Å². The first-order chi connectivity index (χ1) is 16.9. The fraction of sp³-hybridized carbons (Fsp3) is 0.375. The summed E-state index contributed by atoms with van der Waals surface area (Å²) in [4.78, 5) is 11.4. The lowest BCUT2D eigenvalue weighted by atomic mass is 9.81. The number of rotatable bonds is 3. The zero-order valence-corrected chi connectivity index (χ0v) is 20.3. The monoisotopic (exact) mass is 520 g/mol. The van der Waals surface area contributed by atoms with Crippen LogP contribution in [0.15, 0.2) is 58.9 Å². The molecule has 4 heterocycles. The van der Waals surface area contributed by atoms with E-state index in [4.69, 9.17) is 22.3 Å². The normalized spacial score (nSPS) is 23.5. The van der Waals surface area contributed by atoms with Gasteiger partial charge in [-0.25, -0.2) is 14.1 Å². The number of halogens is 4. The fourth-order valence-electron chi connectivity index (χ4n) is 5.11. The number of thiazole rings is 1. The lowest BCUT2D eigenvalue weighted by Gasteiger charge is -2.29. The number of alkyl halides is 2. The van der Waals surface area contributed by atoms with Crippen molar-refractivity contribution in [2.24, 2.45) is 16.1 Å². The Morgan fingerprint density at radius 3 is 2.74 bits per heavy atom. The van der Waals surface area contributed by atoms with Crippen LogP contribution in [0.5, 0.6) is 0 Å². The molecule has 35 heavy (non-hydrogen) atoms. The maximum atomic E-state index is 13.0. The zero-order chi connectivity index (χ0) is 24.6. The summed E-state index contributed by atoms with van der Waals surface area (Å²) in [6, 6.07) is 5.97. The van der Waals surface area contributed by atoms with Crippen LogP contribution in [0.4, 0.5) is 13.2 Å². The summed E-state index contributed by atoms with van der Waals surface area (Å²) in [6.45, 7) is -1.38.